The number of anilines is 1. The molecule has 5 nitrogen and oxygen atoms in total. The average Bonchev–Trinajstić information content (AvgIpc) is 2.19. The second kappa shape index (κ2) is 4.23. The third kappa shape index (κ3) is 2.32. The minimum atomic E-state index is 0.243. The summed E-state index contributed by atoms with van der Waals surface area (Å²) in [5, 5.41) is 3.27. The average molecular weight is 194 g/mol. The van der Waals surface area contributed by atoms with Gasteiger partial charge in [-0.2, -0.15) is 4.98 Å². The Balaban J connectivity index is 1.95. The quantitative estimate of drug-likeness (QED) is 0.703. The molecule has 0 spiro atoms. The fraction of sp³-hybridized carbons (Fsp3) is 0.556. The van der Waals surface area contributed by atoms with Crippen molar-refractivity contribution in [3.8, 4) is 5.88 Å². The number of aromatic nitrogens is 2. The van der Waals surface area contributed by atoms with E-state index in [-0.39, 0.29) is 6.10 Å². The van der Waals surface area contributed by atoms with Crippen molar-refractivity contribution in [2.24, 2.45) is 0 Å². The lowest BCUT2D eigenvalue weighted by molar-refractivity contribution is 0.155. The Morgan fingerprint density at radius 1 is 1.36 bits per heavy atom. The number of nitrogens with one attached hydrogen (secondary N) is 1. The van der Waals surface area contributed by atoms with Crippen molar-refractivity contribution in [1.82, 2.24) is 15.3 Å². The summed E-state index contributed by atoms with van der Waals surface area (Å²) in [4.78, 5) is 7.96. The maximum Gasteiger partial charge on any atom is 0.234 e. The number of hydrogen-bond acceptors (Lipinski definition) is 5. The third-order valence-corrected chi connectivity index (χ3v) is 2.20. The summed E-state index contributed by atoms with van der Waals surface area (Å²) in [7, 11) is 0. The number of rotatable bonds is 2. The summed E-state index contributed by atoms with van der Waals surface area (Å²) in [5.74, 6) is 0.924. The van der Waals surface area contributed by atoms with E-state index >= 15 is 0 Å². The van der Waals surface area contributed by atoms with E-state index in [2.05, 4.69) is 15.3 Å². The van der Waals surface area contributed by atoms with Gasteiger partial charge >= 0.3 is 0 Å². The molecule has 0 amide bonds. The van der Waals surface area contributed by atoms with E-state index < -0.39 is 0 Å². The number of nitrogens with two attached hydrogens (primary N) is 1. The Kier molecular flexibility index (Phi) is 2.78. The Hall–Kier alpha value is -1.36. The summed E-state index contributed by atoms with van der Waals surface area (Å²) < 4.78 is 5.64. The maximum absolute atomic E-state index is 5.64. The minimum absolute atomic E-state index is 0.243. The molecule has 0 atom stereocenters. The summed E-state index contributed by atoms with van der Waals surface area (Å²) in [5.41, 5.74) is 5.50. The first-order chi connectivity index (χ1) is 6.84. The number of hydrogen-bond donors (Lipinski definition) is 2. The van der Waals surface area contributed by atoms with E-state index in [0.717, 1.165) is 25.9 Å². The zero-order chi connectivity index (χ0) is 9.80. The van der Waals surface area contributed by atoms with Crippen LogP contribution in [0.3, 0.4) is 0 Å². The summed E-state index contributed by atoms with van der Waals surface area (Å²) in [6.45, 7) is 2.00. The van der Waals surface area contributed by atoms with Crippen LogP contribution in [-0.4, -0.2) is 29.2 Å². The molecule has 14 heavy (non-hydrogen) atoms. The molecule has 0 aromatic carbocycles. The van der Waals surface area contributed by atoms with Gasteiger partial charge in [0.2, 0.25) is 5.88 Å². The number of ether oxygens (including phenoxy) is 1. The molecule has 0 aliphatic carbocycles. The lowest BCUT2D eigenvalue weighted by atomic mass is 10.1. The van der Waals surface area contributed by atoms with Gasteiger partial charge in [-0.05, 0) is 25.9 Å². The van der Waals surface area contributed by atoms with E-state index in [1.807, 2.05) is 0 Å². The topological polar surface area (TPSA) is 73.1 Å². The normalized spacial score (nSPS) is 18.0. The van der Waals surface area contributed by atoms with Gasteiger partial charge in [-0.1, -0.05) is 0 Å². The Morgan fingerprint density at radius 3 is 2.86 bits per heavy atom. The first-order valence-corrected chi connectivity index (χ1v) is 4.79. The SMILES string of the molecule is Nc1cncc(OC2CCNCC2)n1. The largest absolute Gasteiger partial charge is 0.473 e. The second-order valence-corrected chi connectivity index (χ2v) is 3.35. The predicted molar refractivity (Wildman–Crippen MR) is 53.0 cm³/mol. The van der Waals surface area contributed by atoms with Crippen molar-refractivity contribution < 1.29 is 4.74 Å². The van der Waals surface area contributed by atoms with Crippen LogP contribution in [-0.2, 0) is 0 Å². The van der Waals surface area contributed by atoms with Crippen LogP contribution < -0.4 is 15.8 Å². The van der Waals surface area contributed by atoms with E-state index in [1.54, 1.807) is 6.20 Å². The van der Waals surface area contributed by atoms with Crippen LogP contribution >= 0.6 is 0 Å². The molecule has 1 aliphatic rings. The van der Waals surface area contributed by atoms with Crippen LogP contribution in [0.4, 0.5) is 5.82 Å². The first-order valence-electron chi connectivity index (χ1n) is 4.79. The van der Waals surface area contributed by atoms with Crippen LogP contribution in [0, 0.1) is 0 Å². The van der Waals surface area contributed by atoms with Crippen molar-refractivity contribution in [2.45, 2.75) is 18.9 Å². The van der Waals surface area contributed by atoms with Gasteiger partial charge in [0.15, 0.2) is 0 Å². The molecule has 2 rings (SSSR count). The van der Waals surface area contributed by atoms with Gasteiger partial charge in [-0.3, -0.25) is 4.98 Å². The molecule has 3 N–H and O–H groups in total. The Morgan fingerprint density at radius 2 is 2.14 bits per heavy atom. The van der Waals surface area contributed by atoms with Crippen molar-refractivity contribution >= 4 is 5.82 Å². The van der Waals surface area contributed by atoms with Crippen molar-refractivity contribution in [1.29, 1.82) is 0 Å². The molecular formula is C9H14N4O. The molecule has 1 aromatic rings. The van der Waals surface area contributed by atoms with Gasteiger partial charge in [0.05, 0.1) is 12.4 Å². The highest BCUT2D eigenvalue weighted by Gasteiger charge is 2.14. The number of nitrogens with zero attached hydrogens (tertiary/aromatic N) is 2. The van der Waals surface area contributed by atoms with Crippen LogP contribution in [0.2, 0.25) is 0 Å². The lowest BCUT2D eigenvalue weighted by Gasteiger charge is -2.22. The lowest BCUT2D eigenvalue weighted by Crippen LogP contribution is -2.34. The van der Waals surface area contributed by atoms with E-state index in [9.17, 15) is 0 Å². The molecule has 1 fully saturated rings. The summed E-state index contributed by atoms with van der Waals surface area (Å²) in [6.07, 6.45) is 5.37. The van der Waals surface area contributed by atoms with Gasteiger partial charge < -0.3 is 15.8 Å². The highest BCUT2D eigenvalue weighted by molar-refractivity contribution is 5.26. The maximum atomic E-state index is 5.64. The summed E-state index contributed by atoms with van der Waals surface area (Å²) in [6, 6.07) is 0. The molecular weight excluding hydrogens is 180 g/mol. The Labute approximate surface area is 82.7 Å². The molecule has 1 aromatic heterocycles. The van der Waals surface area contributed by atoms with Crippen molar-refractivity contribution in [2.75, 3.05) is 18.8 Å². The molecule has 1 saturated heterocycles. The summed E-state index contributed by atoms with van der Waals surface area (Å²) >= 11 is 0. The van der Waals surface area contributed by atoms with E-state index in [4.69, 9.17) is 10.5 Å². The number of nitrogen functional groups attached to an aromatic ring is 1. The predicted octanol–water partition coefficient (Wildman–Crippen LogP) is 0.190. The van der Waals surface area contributed by atoms with Crippen LogP contribution in [0.15, 0.2) is 12.4 Å². The van der Waals surface area contributed by atoms with Crippen LogP contribution in [0.25, 0.3) is 0 Å². The van der Waals surface area contributed by atoms with Crippen molar-refractivity contribution in [3.63, 3.8) is 0 Å². The molecule has 2 heterocycles. The molecule has 0 bridgehead atoms. The minimum Gasteiger partial charge on any atom is -0.473 e. The smallest absolute Gasteiger partial charge is 0.234 e. The first kappa shape index (κ1) is 9.21. The van der Waals surface area contributed by atoms with Gasteiger partial charge in [0, 0.05) is 0 Å². The van der Waals surface area contributed by atoms with Gasteiger partial charge in [-0.15, -0.1) is 0 Å². The highest BCUT2D eigenvalue weighted by Crippen LogP contribution is 2.13. The Bertz CT molecular complexity index is 299. The molecule has 1 aliphatic heterocycles. The van der Waals surface area contributed by atoms with Crippen LogP contribution in [0.1, 0.15) is 12.8 Å². The molecule has 0 radical (unpaired) electrons. The third-order valence-electron chi connectivity index (χ3n) is 2.20. The van der Waals surface area contributed by atoms with Gasteiger partial charge in [0.1, 0.15) is 11.9 Å². The second-order valence-electron chi connectivity index (χ2n) is 3.35. The monoisotopic (exact) mass is 194 g/mol. The zero-order valence-electron chi connectivity index (χ0n) is 7.94. The van der Waals surface area contributed by atoms with Crippen molar-refractivity contribution in [3.05, 3.63) is 12.4 Å². The fourth-order valence-electron chi connectivity index (χ4n) is 1.50. The molecule has 76 valence electrons. The molecule has 0 unspecified atom stereocenters. The highest BCUT2D eigenvalue weighted by atomic mass is 16.5. The number of piperidine rings is 1. The standard InChI is InChI=1S/C9H14N4O/c10-8-5-12-6-9(13-8)14-7-1-3-11-4-2-7/h5-7,11H,1-4H2,(H2,10,13). The van der Waals surface area contributed by atoms with Gasteiger partial charge in [0.25, 0.3) is 0 Å². The molecule has 5 heteroatoms. The zero-order valence-corrected chi connectivity index (χ0v) is 7.94. The van der Waals surface area contributed by atoms with E-state index in [0.29, 0.717) is 11.7 Å². The fourth-order valence-corrected chi connectivity index (χ4v) is 1.50. The van der Waals surface area contributed by atoms with Crippen LogP contribution in [0.5, 0.6) is 5.88 Å². The molecule has 0 saturated carbocycles. The van der Waals surface area contributed by atoms with Gasteiger partial charge in [-0.25, -0.2) is 0 Å². The van der Waals surface area contributed by atoms with E-state index in [1.165, 1.54) is 6.20 Å².